The summed E-state index contributed by atoms with van der Waals surface area (Å²) in [5, 5.41) is 1.77. The Balaban J connectivity index is 1.89. The molecule has 1 fully saturated rings. The van der Waals surface area contributed by atoms with Gasteiger partial charge in [-0.05, 0) is 37.7 Å². The molecule has 6 nitrogen and oxygen atoms in total. The Kier molecular flexibility index (Phi) is 5.34. The molecular formula is C13H21N3O3S2. The number of nitrogens with zero attached hydrogens (tertiary/aromatic N) is 2. The number of amides is 1. The Morgan fingerprint density at radius 3 is 2.67 bits per heavy atom. The summed E-state index contributed by atoms with van der Waals surface area (Å²) in [7, 11) is -3.18. The van der Waals surface area contributed by atoms with Crippen LogP contribution in [0.4, 0.5) is 0 Å². The predicted molar refractivity (Wildman–Crippen MR) is 83.0 cm³/mol. The molecule has 2 rings (SSSR count). The van der Waals surface area contributed by atoms with Crippen molar-refractivity contribution in [1.29, 1.82) is 0 Å². The first-order chi connectivity index (χ1) is 9.93. The lowest BCUT2D eigenvalue weighted by molar-refractivity contribution is 0.0711. The van der Waals surface area contributed by atoms with Crippen LogP contribution in [0.2, 0.25) is 0 Å². The number of hydrogen-bond donors (Lipinski definition) is 1. The molecule has 0 unspecified atom stereocenters. The van der Waals surface area contributed by atoms with E-state index >= 15 is 0 Å². The average molecular weight is 331 g/mol. The third-order valence-electron chi connectivity index (χ3n) is 3.58. The molecule has 0 radical (unpaired) electrons. The molecule has 21 heavy (non-hydrogen) atoms. The van der Waals surface area contributed by atoms with E-state index in [1.54, 1.807) is 10.3 Å². The number of carbonyl (C=O) groups excluding carboxylic acids is 1. The van der Waals surface area contributed by atoms with Crippen LogP contribution < -0.4 is 4.72 Å². The van der Waals surface area contributed by atoms with Crippen LogP contribution in [0.1, 0.15) is 42.2 Å². The number of piperidine rings is 1. The molecule has 0 aromatic carbocycles. The van der Waals surface area contributed by atoms with Crippen molar-refractivity contribution in [2.75, 3.05) is 18.8 Å². The second kappa shape index (κ2) is 6.85. The van der Waals surface area contributed by atoms with Gasteiger partial charge < -0.3 is 4.90 Å². The summed E-state index contributed by atoms with van der Waals surface area (Å²) in [6.07, 6.45) is 1.92. The summed E-state index contributed by atoms with van der Waals surface area (Å²) in [6.45, 7) is 4.83. The zero-order chi connectivity index (χ0) is 15.5. The molecule has 0 saturated carbocycles. The first kappa shape index (κ1) is 16.4. The summed E-state index contributed by atoms with van der Waals surface area (Å²) in [5.74, 6) is 0.155. The third-order valence-corrected chi connectivity index (χ3v) is 5.94. The lowest BCUT2D eigenvalue weighted by Gasteiger charge is -2.32. The molecular weight excluding hydrogens is 310 g/mol. The van der Waals surface area contributed by atoms with Gasteiger partial charge in [-0.15, -0.1) is 0 Å². The molecule has 118 valence electrons. The van der Waals surface area contributed by atoms with Crippen molar-refractivity contribution >= 4 is 27.5 Å². The molecule has 1 amide bonds. The van der Waals surface area contributed by atoms with Gasteiger partial charge in [-0.3, -0.25) is 4.79 Å². The number of rotatable bonds is 5. The van der Waals surface area contributed by atoms with E-state index in [2.05, 4.69) is 9.10 Å². The maximum atomic E-state index is 12.3. The van der Waals surface area contributed by atoms with Crippen molar-refractivity contribution in [3.05, 3.63) is 16.6 Å². The fourth-order valence-corrected chi connectivity index (χ4v) is 4.53. The minimum atomic E-state index is -3.18. The summed E-state index contributed by atoms with van der Waals surface area (Å²) >= 11 is 1.28. The summed E-state index contributed by atoms with van der Waals surface area (Å²) in [6, 6.07) is -0.0627. The van der Waals surface area contributed by atoms with Gasteiger partial charge in [0.05, 0.1) is 17.0 Å². The zero-order valence-corrected chi connectivity index (χ0v) is 14.0. The molecule has 1 N–H and O–H groups in total. The Hall–Kier alpha value is -0.990. The van der Waals surface area contributed by atoms with Gasteiger partial charge in [0.15, 0.2) is 0 Å². The lowest BCUT2D eigenvalue weighted by Crippen LogP contribution is -2.47. The van der Waals surface area contributed by atoms with E-state index in [-0.39, 0.29) is 17.7 Å². The molecule has 0 atom stereocenters. The standard InChI is InChI=1S/C13H21N3O3S2/c1-3-8-21(18,19)15-11-4-6-16(7-5-11)13(17)12-9-20-14-10(12)2/h9,11,15H,3-8H2,1-2H3. The van der Waals surface area contributed by atoms with E-state index in [1.807, 2.05) is 13.8 Å². The van der Waals surface area contributed by atoms with E-state index in [0.717, 1.165) is 5.69 Å². The van der Waals surface area contributed by atoms with Crippen LogP contribution >= 0.6 is 11.5 Å². The molecule has 1 aliphatic rings. The van der Waals surface area contributed by atoms with E-state index in [4.69, 9.17) is 0 Å². The molecule has 8 heteroatoms. The van der Waals surface area contributed by atoms with Crippen LogP contribution in [0.25, 0.3) is 0 Å². The van der Waals surface area contributed by atoms with E-state index in [0.29, 0.717) is 37.9 Å². The lowest BCUT2D eigenvalue weighted by atomic mass is 10.1. The Morgan fingerprint density at radius 2 is 2.14 bits per heavy atom. The number of hydrogen-bond acceptors (Lipinski definition) is 5. The second-order valence-electron chi connectivity index (χ2n) is 5.32. The van der Waals surface area contributed by atoms with Gasteiger partial charge in [-0.1, -0.05) is 6.92 Å². The quantitative estimate of drug-likeness (QED) is 0.884. The van der Waals surface area contributed by atoms with Crippen LogP contribution in [-0.2, 0) is 10.0 Å². The second-order valence-corrected chi connectivity index (χ2v) is 7.82. The average Bonchev–Trinajstić information content (AvgIpc) is 2.84. The van der Waals surface area contributed by atoms with Crippen molar-refractivity contribution in [2.45, 2.75) is 39.2 Å². The molecule has 2 heterocycles. The van der Waals surface area contributed by atoms with Crippen molar-refractivity contribution < 1.29 is 13.2 Å². The highest BCUT2D eigenvalue weighted by molar-refractivity contribution is 7.89. The fourth-order valence-electron chi connectivity index (χ4n) is 2.45. The summed E-state index contributed by atoms with van der Waals surface area (Å²) in [5.41, 5.74) is 1.42. The maximum Gasteiger partial charge on any atom is 0.256 e. The first-order valence-corrected chi connectivity index (χ1v) is 9.62. The van der Waals surface area contributed by atoms with Gasteiger partial charge in [0, 0.05) is 24.5 Å². The van der Waals surface area contributed by atoms with Crippen LogP contribution in [0.3, 0.4) is 0 Å². The Bertz CT molecular complexity index is 590. The van der Waals surface area contributed by atoms with E-state index < -0.39 is 10.0 Å². The van der Waals surface area contributed by atoms with Crippen LogP contribution in [0.5, 0.6) is 0 Å². The topological polar surface area (TPSA) is 79.4 Å². The number of likely N-dealkylation sites (tertiary alicyclic amines) is 1. The third kappa shape index (κ3) is 4.24. The minimum absolute atomic E-state index is 0.00360. The number of nitrogens with one attached hydrogen (secondary N) is 1. The first-order valence-electron chi connectivity index (χ1n) is 7.13. The molecule has 1 saturated heterocycles. The highest BCUT2D eigenvalue weighted by atomic mass is 32.2. The maximum absolute atomic E-state index is 12.3. The molecule has 0 aliphatic carbocycles. The number of aryl methyl sites for hydroxylation is 1. The SMILES string of the molecule is CCCS(=O)(=O)NC1CCN(C(=O)c2csnc2C)CC1. The monoisotopic (exact) mass is 331 g/mol. The van der Waals surface area contributed by atoms with Crippen LogP contribution in [0.15, 0.2) is 5.38 Å². The smallest absolute Gasteiger partial charge is 0.256 e. The van der Waals surface area contributed by atoms with Gasteiger partial charge in [-0.25, -0.2) is 13.1 Å². The van der Waals surface area contributed by atoms with Gasteiger partial charge in [0.1, 0.15) is 0 Å². The van der Waals surface area contributed by atoms with Gasteiger partial charge in [0.2, 0.25) is 10.0 Å². The molecule has 1 aromatic heterocycles. The number of sulfonamides is 1. The van der Waals surface area contributed by atoms with Crippen LogP contribution in [-0.4, -0.2) is 48.5 Å². The Labute approximate surface area is 129 Å². The minimum Gasteiger partial charge on any atom is -0.338 e. The van der Waals surface area contributed by atoms with Crippen molar-refractivity contribution in [3.63, 3.8) is 0 Å². The highest BCUT2D eigenvalue weighted by Crippen LogP contribution is 2.17. The van der Waals surface area contributed by atoms with Crippen molar-refractivity contribution in [1.82, 2.24) is 14.0 Å². The molecule has 0 bridgehead atoms. The van der Waals surface area contributed by atoms with E-state index in [1.165, 1.54) is 11.5 Å². The normalized spacial score (nSPS) is 17.1. The Morgan fingerprint density at radius 1 is 1.48 bits per heavy atom. The highest BCUT2D eigenvalue weighted by Gasteiger charge is 2.27. The summed E-state index contributed by atoms with van der Waals surface area (Å²) in [4.78, 5) is 14.1. The van der Waals surface area contributed by atoms with E-state index in [9.17, 15) is 13.2 Å². The van der Waals surface area contributed by atoms with Crippen molar-refractivity contribution in [3.8, 4) is 0 Å². The predicted octanol–water partition coefficient (Wildman–Crippen LogP) is 1.39. The molecule has 1 aromatic rings. The number of aromatic nitrogens is 1. The molecule has 1 aliphatic heterocycles. The van der Waals surface area contributed by atoms with Gasteiger partial charge in [0.25, 0.3) is 5.91 Å². The largest absolute Gasteiger partial charge is 0.338 e. The van der Waals surface area contributed by atoms with Gasteiger partial charge >= 0.3 is 0 Å². The van der Waals surface area contributed by atoms with Gasteiger partial charge in [-0.2, -0.15) is 4.37 Å². The fraction of sp³-hybridized carbons (Fsp3) is 0.692. The molecule has 0 spiro atoms. The summed E-state index contributed by atoms with van der Waals surface area (Å²) < 4.78 is 30.3. The number of carbonyl (C=O) groups is 1. The zero-order valence-electron chi connectivity index (χ0n) is 12.3. The van der Waals surface area contributed by atoms with Crippen molar-refractivity contribution in [2.24, 2.45) is 0 Å². The van der Waals surface area contributed by atoms with Crippen LogP contribution in [0, 0.1) is 6.92 Å².